The number of hydrogen-bond donors (Lipinski definition) is 0. The van der Waals surface area contributed by atoms with E-state index in [9.17, 15) is 4.79 Å². The van der Waals surface area contributed by atoms with E-state index in [1.165, 1.54) is 0 Å². The van der Waals surface area contributed by atoms with Crippen LogP contribution < -0.4 is 0 Å². The predicted molar refractivity (Wildman–Crippen MR) is 47.3 cm³/mol. The number of halogens is 1. The smallest absolute Gasteiger partial charge is 0.134 e. The Morgan fingerprint density at radius 2 is 2.42 bits per heavy atom. The van der Waals surface area contributed by atoms with Crippen LogP contribution in [0.4, 0.5) is 0 Å². The fraction of sp³-hybridized carbons (Fsp3) is 0.500. The third-order valence-electron chi connectivity index (χ3n) is 1.58. The summed E-state index contributed by atoms with van der Waals surface area (Å²) in [5.74, 6) is 0.104. The Kier molecular flexibility index (Phi) is 2.87. The molecule has 0 N–H and O–H groups in total. The van der Waals surface area contributed by atoms with Crippen LogP contribution in [0.5, 0.6) is 0 Å². The minimum atomic E-state index is 0.104. The second-order valence-electron chi connectivity index (χ2n) is 2.66. The van der Waals surface area contributed by atoms with Crippen LogP contribution in [0.1, 0.15) is 19.4 Å². The van der Waals surface area contributed by atoms with Crippen LogP contribution in [0.15, 0.2) is 6.20 Å². The zero-order chi connectivity index (χ0) is 9.14. The average molecular weight is 187 g/mol. The molecule has 0 radical (unpaired) electrons. The number of hydrogen-bond acceptors (Lipinski definition) is 2. The highest BCUT2D eigenvalue weighted by Crippen LogP contribution is 2.15. The first-order chi connectivity index (χ1) is 5.65. The van der Waals surface area contributed by atoms with Gasteiger partial charge in [0.25, 0.3) is 0 Å². The molecule has 12 heavy (non-hydrogen) atoms. The third kappa shape index (κ3) is 1.85. The van der Waals surface area contributed by atoms with Crippen molar-refractivity contribution in [2.45, 2.75) is 26.8 Å². The summed E-state index contributed by atoms with van der Waals surface area (Å²) >= 11 is 5.92. The van der Waals surface area contributed by atoms with Crippen molar-refractivity contribution in [3.8, 4) is 0 Å². The Balaban J connectivity index is 2.87. The maximum Gasteiger partial charge on any atom is 0.134 e. The van der Waals surface area contributed by atoms with Gasteiger partial charge in [-0.25, -0.2) is 0 Å². The normalized spacial score (nSPS) is 10.2. The van der Waals surface area contributed by atoms with Crippen molar-refractivity contribution < 1.29 is 4.79 Å². The Morgan fingerprint density at radius 1 is 1.75 bits per heavy atom. The van der Waals surface area contributed by atoms with E-state index in [4.69, 9.17) is 11.6 Å². The molecule has 0 spiro atoms. The highest BCUT2D eigenvalue weighted by molar-refractivity contribution is 6.30. The van der Waals surface area contributed by atoms with Crippen molar-refractivity contribution in [2.75, 3.05) is 0 Å². The van der Waals surface area contributed by atoms with Gasteiger partial charge in [0.05, 0.1) is 6.20 Å². The van der Waals surface area contributed by atoms with Gasteiger partial charge >= 0.3 is 0 Å². The first kappa shape index (κ1) is 9.26. The second-order valence-corrected chi connectivity index (χ2v) is 3.01. The summed E-state index contributed by atoms with van der Waals surface area (Å²) in [6.45, 7) is 4.23. The number of ketones is 1. The fourth-order valence-electron chi connectivity index (χ4n) is 1.02. The summed E-state index contributed by atoms with van der Waals surface area (Å²) < 4.78 is 1.67. The number of rotatable bonds is 3. The first-order valence-electron chi connectivity index (χ1n) is 3.84. The lowest BCUT2D eigenvalue weighted by molar-refractivity contribution is -0.116. The van der Waals surface area contributed by atoms with Crippen molar-refractivity contribution in [1.82, 2.24) is 9.78 Å². The molecule has 0 aliphatic carbocycles. The molecule has 0 amide bonds. The summed E-state index contributed by atoms with van der Waals surface area (Å²) in [5.41, 5.74) is 0.811. The standard InChI is InChI=1S/C8H11ClN2O/c1-3-11-8(9)7(5-10-11)4-6(2)12/h5H,3-4H2,1-2H3. The molecule has 1 aromatic rings. The van der Waals surface area contributed by atoms with Crippen LogP contribution in [0.25, 0.3) is 0 Å². The van der Waals surface area contributed by atoms with E-state index < -0.39 is 0 Å². The van der Waals surface area contributed by atoms with Gasteiger partial charge in [0.2, 0.25) is 0 Å². The van der Waals surface area contributed by atoms with E-state index >= 15 is 0 Å². The molecule has 1 rings (SSSR count). The molecule has 0 saturated heterocycles. The molecule has 0 aliphatic heterocycles. The number of carbonyl (C=O) groups is 1. The van der Waals surface area contributed by atoms with Gasteiger partial charge in [-0.2, -0.15) is 5.10 Å². The van der Waals surface area contributed by atoms with E-state index in [1.807, 2.05) is 6.92 Å². The van der Waals surface area contributed by atoms with Crippen molar-refractivity contribution in [1.29, 1.82) is 0 Å². The van der Waals surface area contributed by atoms with Gasteiger partial charge in [0.1, 0.15) is 10.9 Å². The largest absolute Gasteiger partial charge is 0.300 e. The molecule has 3 nitrogen and oxygen atoms in total. The van der Waals surface area contributed by atoms with Crippen LogP contribution in [0.2, 0.25) is 5.15 Å². The van der Waals surface area contributed by atoms with E-state index in [0.717, 1.165) is 12.1 Å². The maximum atomic E-state index is 10.8. The lowest BCUT2D eigenvalue weighted by Gasteiger charge is -1.97. The number of nitrogens with zero attached hydrogens (tertiary/aromatic N) is 2. The van der Waals surface area contributed by atoms with Crippen molar-refractivity contribution in [3.63, 3.8) is 0 Å². The van der Waals surface area contributed by atoms with Gasteiger partial charge < -0.3 is 0 Å². The van der Waals surface area contributed by atoms with Gasteiger partial charge in [-0.1, -0.05) is 11.6 Å². The highest BCUT2D eigenvalue weighted by Gasteiger charge is 2.08. The van der Waals surface area contributed by atoms with Crippen molar-refractivity contribution in [3.05, 3.63) is 16.9 Å². The summed E-state index contributed by atoms with van der Waals surface area (Å²) in [6.07, 6.45) is 2.02. The topological polar surface area (TPSA) is 34.9 Å². The highest BCUT2D eigenvalue weighted by atomic mass is 35.5. The lowest BCUT2D eigenvalue weighted by Crippen LogP contribution is -1.98. The second kappa shape index (κ2) is 3.72. The Labute approximate surface area is 76.3 Å². The van der Waals surface area contributed by atoms with Gasteiger partial charge in [-0.3, -0.25) is 9.48 Å². The minimum Gasteiger partial charge on any atom is -0.300 e. The number of aryl methyl sites for hydroxylation is 1. The SMILES string of the molecule is CCn1ncc(CC(C)=O)c1Cl. The lowest BCUT2D eigenvalue weighted by atomic mass is 10.2. The zero-order valence-corrected chi connectivity index (χ0v) is 7.93. The number of aromatic nitrogens is 2. The van der Waals surface area contributed by atoms with E-state index in [1.54, 1.807) is 17.8 Å². The van der Waals surface area contributed by atoms with E-state index in [-0.39, 0.29) is 5.78 Å². The van der Waals surface area contributed by atoms with Crippen LogP contribution in [-0.4, -0.2) is 15.6 Å². The fourth-order valence-corrected chi connectivity index (χ4v) is 1.30. The Morgan fingerprint density at radius 3 is 2.83 bits per heavy atom. The predicted octanol–water partition coefficient (Wildman–Crippen LogP) is 1.69. The van der Waals surface area contributed by atoms with Crippen LogP contribution in [0, 0.1) is 0 Å². The summed E-state index contributed by atoms with van der Waals surface area (Å²) in [5, 5.41) is 4.60. The minimum absolute atomic E-state index is 0.104. The number of Topliss-reactive ketones (excluding diaryl/α,β-unsaturated/α-hetero) is 1. The first-order valence-corrected chi connectivity index (χ1v) is 4.22. The van der Waals surface area contributed by atoms with Gasteiger partial charge in [0, 0.05) is 18.5 Å². The van der Waals surface area contributed by atoms with Gasteiger partial charge in [0.15, 0.2) is 0 Å². The molecule has 0 aromatic carbocycles. The quantitative estimate of drug-likeness (QED) is 0.720. The van der Waals surface area contributed by atoms with Gasteiger partial charge in [-0.15, -0.1) is 0 Å². The maximum absolute atomic E-state index is 10.8. The molecule has 1 aromatic heterocycles. The number of carbonyl (C=O) groups excluding carboxylic acids is 1. The van der Waals surface area contributed by atoms with Crippen LogP contribution >= 0.6 is 11.6 Å². The molecule has 0 aliphatic rings. The molecule has 0 bridgehead atoms. The molecule has 0 unspecified atom stereocenters. The van der Waals surface area contributed by atoms with Crippen molar-refractivity contribution in [2.24, 2.45) is 0 Å². The molecular weight excluding hydrogens is 176 g/mol. The molecule has 4 heteroatoms. The molecule has 0 atom stereocenters. The Hall–Kier alpha value is -0.830. The third-order valence-corrected chi connectivity index (χ3v) is 2.02. The summed E-state index contributed by atoms with van der Waals surface area (Å²) in [6, 6.07) is 0. The monoisotopic (exact) mass is 186 g/mol. The van der Waals surface area contributed by atoms with E-state index in [2.05, 4.69) is 5.10 Å². The average Bonchev–Trinajstić information content (AvgIpc) is 2.32. The van der Waals surface area contributed by atoms with Crippen molar-refractivity contribution >= 4 is 17.4 Å². The molecular formula is C8H11ClN2O. The molecule has 0 saturated carbocycles. The summed E-state index contributed by atoms with van der Waals surface area (Å²) in [4.78, 5) is 10.8. The van der Waals surface area contributed by atoms with E-state index in [0.29, 0.717) is 11.6 Å². The molecule has 66 valence electrons. The Bertz CT molecular complexity index is 293. The molecule has 0 fully saturated rings. The summed E-state index contributed by atoms with van der Waals surface area (Å²) in [7, 11) is 0. The zero-order valence-electron chi connectivity index (χ0n) is 7.17. The molecule has 1 heterocycles. The van der Waals surface area contributed by atoms with Gasteiger partial charge in [-0.05, 0) is 13.8 Å². The van der Waals surface area contributed by atoms with Crippen LogP contribution in [-0.2, 0) is 17.8 Å². The van der Waals surface area contributed by atoms with Crippen LogP contribution in [0.3, 0.4) is 0 Å².